The highest BCUT2D eigenvalue weighted by atomic mass is 16.2. The predicted octanol–water partition coefficient (Wildman–Crippen LogP) is 2.98. The van der Waals surface area contributed by atoms with Crippen LogP contribution in [-0.4, -0.2) is 49.8 Å². The fraction of sp³-hybridized carbons (Fsp3) is 0.448. The molecule has 2 aromatic carbocycles. The summed E-state index contributed by atoms with van der Waals surface area (Å²) >= 11 is 0. The van der Waals surface area contributed by atoms with Crippen LogP contribution in [-0.2, 0) is 14.4 Å². The number of ketones is 1. The number of hydrogen-bond donors (Lipinski definition) is 4. The van der Waals surface area contributed by atoms with E-state index in [0.29, 0.717) is 29.4 Å². The van der Waals surface area contributed by atoms with Crippen molar-refractivity contribution in [3.8, 4) is 0 Å². The van der Waals surface area contributed by atoms with Gasteiger partial charge >= 0.3 is 6.03 Å². The molecule has 3 fully saturated rings. The zero-order valence-corrected chi connectivity index (χ0v) is 21.9. The third-order valence-electron chi connectivity index (χ3n) is 8.27. The standard InChI is InChI=1S/C29H35N5O4/c1-18-5-3-7-21(13-18)31-28(38)33-26-27(37)34(25-19(2)6-4-8-22(25)23(16-35)32-26)15-24(36)29-11-9-20(10-12-29)14-30-17-29/h3-8,13,16,20,23,26,30,32H,9-12,14-15,17H2,1-2H3,(H2,31,33,38). The van der Waals surface area contributed by atoms with Gasteiger partial charge in [0.1, 0.15) is 6.29 Å². The number of carbonyl (C=O) groups excluding carboxylic acids is 4. The number of urea groups is 1. The van der Waals surface area contributed by atoms with Gasteiger partial charge in [-0.15, -0.1) is 0 Å². The monoisotopic (exact) mass is 517 g/mol. The van der Waals surface area contributed by atoms with E-state index in [4.69, 9.17) is 0 Å². The summed E-state index contributed by atoms with van der Waals surface area (Å²) in [5.41, 5.74) is 2.98. The van der Waals surface area contributed by atoms with Gasteiger partial charge in [-0.05, 0) is 75.3 Å². The Labute approximate surface area is 222 Å². The van der Waals surface area contributed by atoms with E-state index in [9.17, 15) is 19.2 Å². The molecule has 3 amide bonds. The van der Waals surface area contributed by atoms with Crippen molar-refractivity contribution >= 4 is 35.4 Å². The minimum Gasteiger partial charge on any atom is -0.315 e. The molecular weight excluding hydrogens is 482 g/mol. The quantitative estimate of drug-likeness (QED) is 0.438. The Kier molecular flexibility index (Phi) is 7.32. The molecule has 2 unspecified atom stereocenters. The van der Waals surface area contributed by atoms with Gasteiger partial charge < -0.3 is 25.6 Å². The number of nitrogens with zero attached hydrogens (tertiary/aromatic N) is 1. The van der Waals surface area contributed by atoms with Crippen molar-refractivity contribution in [2.45, 2.75) is 51.7 Å². The Morgan fingerprint density at radius 1 is 1.13 bits per heavy atom. The van der Waals surface area contributed by atoms with Crippen LogP contribution in [0.5, 0.6) is 0 Å². The maximum absolute atomic E-state index is 14.0. The number of carbonyl (C=O) groups is 4. The summed E-state index contributed by atoms with van der Waals surface area (Å²) in [5.74, 6) is 0.129. The summed E-state index contributed by atoms with van der Waals surface area (Å²) in [6.45, 7) is 5.19. The van der Waals surface area contributed by atoms with E-state index in [-0.39, 0.29) is 12.3 Å². The Bertz CT molecular complexity index is 1250. The second-order valence-electron chi connectivity index (χ2n) is 10.9. The molecule has 9 heteroatoms. The highest BCUT2D eigenvalue weighted by Gasteiger charge is 2.45. The van der Waals surface area contributed by atoms with Crippen LogP contribution in [0, 0.1) is 25.2 Å². The fourth-order valence-corrected chi connectivity index (χ4v) is 6.12. The van der Waals surface area contributed by atoms with Crippen molar-refractivity contribution < 1.29 is 19.2 Å². The number of aldehydes is 1. The van der Waals surface area contributed by atoms with E-state index >= 15 is 0 Å². The number of amides is 3. The summed E-state index contributed by atoms with van der Waals surface area (Å²) in [6, 6.07) is 11.3. The minimum absolute atomic E-state index is 0.0143. The molecule has 2 saturated heterocycles. The number of nitrogens with one attached hydrogen (secondary N) is 4. The van der Waals surface area contributed by atoms with Crippen LogP contribution in [0.25, 0.3) is 0 Å². The summed E-state index contributed by atoms with van der Waals surface area (Å²) < 4.78 is 0. The van der Waals surface area contributed by atoms with E-state index < -0.39 is 29.6 Å². The number of benzene rings is 2. The third-order valence-corrected chi connectivity index (χ3v) is 8.27. The molecule has 0 spiro atoms. The van der Waals surface area contributed by atoms with Crippen molar-refractivity contribution in [1.29, 1.82) is 0 Å². The maximum atomic E-state index is 14.0. The third kappa shape index (κ3) is 5.08. The topological polar surface area (TPSA) is 120 Å². The van der Waals surface area contributed by atoms with Crippen LogP contribution < -0.4 is 26.2 Å². The number of para-hydroxylation sites is 1. The molecule has 3 heterocycles. The van der Waals surface area contributed by atoms with E-state index in [1.165, 1.54) is 4.90 Å². The number of Topliss-reactive ketones (excluding diaryl/α,β-unsaturated/α-hetero) is 1. The molecule has 0 radical (unpaired) electrons. The summed E-state index contributed by atoms with van der Waals surface area (Å²) in [7, 11) is 0. The lowest BCUT2D eigenvalue weighted by Gasteiger charge is -2.37. The van der Waals surface area contributed by atoms with Gasteiger partial charge in [0.15, 0.2) is 11.9 Å². The molecule has 9 nitrogen and oxygen atoms in total. The molecule has 200 valence electrons. The van der Waals surface area contributed by atoms with Crippen LogP contribution in [0.2, 0.25) is 0 Å². The normalized spacial score (nSPS) is 26.6. The first-order chi connectivity index (χ1) is 18.3. The first-order valence-electron chi connectivity index (χ1n) is 13.3. The lowest BCUT2D eigenvalue weighted by Crippen LogP contribution is -2.58. The SMILES string of the molecule is Cc1cccc(NC(=O)NC2NC(C=O)c3cccc(C)c3N(CC(=O)C34CCC(CC3)CNC4)C2=O)c1. The van der Waals surface area contributed by atoms with E-state index in [1.807, 2.05) is 44.2 Å². The number of hydrogen-bond acceptors (Lipinski definition) is 6. The first kappa shape index (κ1) is 26.1. The van der Waals surface area contributed by atoms with Crippen molar-refractivity contribution in [3.05, 3.63) is 59.2 Å². The van der Waals surface area contributed by atoms with Crippen molar-refractivity contribution in [3.63, 3.8) is 0 Å². The van der Waals surface area contributed by atoms with Crippen molar-refractivity contribution in [2.75, 3.05) is 29.9 Å². The second kappa shape index (κ2) is 10.7. The lowest BCUT2D eigenvalue weighted by atomic mass is 9.69. The molecule has 2 bridgehead atoms. The zero-order valence-electron chi connectivity index (χ0n) is 21.9. The number of aryl methyl sites for hydroxylation is 2. The minimum atomic E-state index is -1.21. The van der Waals surface area contributed by atoms with Crippen molar-refractivity contribution in [2.24, 2.45) is 11.3 Å². The van der Waals surface area contributed by atoms with Gasteiger partial charge in [0.2, 0.25) is 0 Å². The molecule has 4 N–H and O–H groups in total. The average molecular weight is 518 g/mol. The maximum Gasteiger partial charge on any atom is 0.320 e. The fourth-order valence-electron chi connectivity index (χ4n) is 6.12. The smallest absolute Gasteiger partial charge is 0.315 e. The zero-order chi connectivity index (χ0) is 26.9. The van der Waals surface area contributed by atoms with Gasteiger partial charge in [-0.25, -0.2) is 4.79 Å². The first-order valence-corrected chi connectivity index (χ1v) is 13.3. The highest BCUT2D eigenvalue weighted by Crippen LogP contribution is 2.42. The molecule has 2 atom stereocenters. The van der Waals surface area contributed by atoms with Crippen LogP contribution >= 0.6 is 0 Å². The molecule has 6 rings (SSSR count). The van der Waals surface area contributed by atoms with Gasteiger partial charge in [-0.1, -0.05) is 30.3 Å². The largest absolute Gasteiger partial charge is 0.320 e. The van der Waals surface area contributed by atoms with Crippen LogP contribution in [0.4, 0.5) is 16.2 Å². The van der Waals surface area contributed by atoms with Gasteiger partial charge in [-0.2, -0.15) is 0 Å². The average Bonchev–Trinajstić information content (AvgIpc) is 3.28. The number of anilines is 2. The Balaban J connectivity index is 1.44. The van der Waals surface area contributed by atoms with Crippen molar-refractivity contribution in [1.82, 2.24) is 16.0 Å². The second-order valence-corrected chi connectivity index (χ2v) is 10.9. The summed E-state index contributed by atoms with van der Waals surface area (Å²) in [6.07, 6.45) is 3.12. The molecule has 0 aromatic heterocycles. The van der Waals surface area contributed by atoms with E-state index in [0.717, 1.165) is 49.6 Å². The lowest BCUT2D eigenvalue weighted by molar-refractivity contribution is -0.131. The summed E-state index contributed by atoms with van der Waals surface area (Å²) in [4.78, 5) is 54.4. The van der Waals surface area contributed by atoms with E-state index in [1.54, 1.807) is 12.1 Å². The molecule has 38 heavy (non-hydrogen) atoms. The number of rotatable bonds is 6. The number of fused-ring (bicyclic) bond motifs is 5. The molecule has 1 saturated carbocycles. The van der Waals surface area contributed by atoms with Crippen LogP contribution in [0.1, 0.15) is 48.4 Å². The van der Waals surface area contributed by atoms with Crippen LogP contribution in [0.15, 0.2) is 42.5 Å². The predicted molar refractivity (Wildman–Crippen MR) is 145 cm³/mol. The van der Waals surface area contributed by atoms with E-state index in [2.05, 4.69) is 21.3 Å². The highest BCUT2D eigenvalue weighted by molar-refractivity contribution is 6.07. The molecule has 1 aliphatic carbocycles. The molecule has 2 aromatic rings. The Morgan fingerprint density at radius 3 is 2.63 bits per heavy atom. The molecular formula is C29H35N5O4. The van der Waals surface area contributed by atoms with Crippen LogP contribution in [0.3, 0.4) is 0 Å². The van der Waals surface area contributed by atoms with Gasteiger partial charge in [0.05, 0.1) is 18.3 Å². The summed E-state index contributed by atoms with van der Waals surface area (Å²) in [5, 5.41) is 11.9. The van der Waals surface area contributed by atoms with Gasteiger partial charge in [0.25, 0.3) is 5.91 Å². The van der Waals surface area contributed by atoms with Gasteiger partial charge in [0, 0.05) is 23.2 Å². The molecule has 3 aliphatic heterocycles. The molecule has 4 aliphatic rings. The van der Waals surface area contributed by atoms with Gasteiger partial charge in [-0.3, -0.25) is 14.9 Å². The Morgan fingerprint density at radius 2 is 1.89 bits per heavy atom. The Hall–Kier alpha value is -3.56.